The standard InChI is InChI=1S/C28H31N3O4S2/c1-35-22-5-7-23(8-6-22)37(33,34)31-15-20-13-24(20)27(31)28(32)30(21-4-3-18-11-19(18)12-21)14-17-2-9-26-25(10-17)29-16-36-26/h2,5-10,16,18-21,24,27H,3-4,11-15H2,1H3/t18?,19?,20-,21?,24-,27-/m0/s1. The van der Waals surface area contributed by atoms with Gasteiger partial charge in [-0.2, -0.15) is 4.31 Å². The first-order valence-electron chi connectivity index (χ1n) is 13.2. The number of ether oxygens (including phenoxy) is 1. The molecular weight excluding hydrogens is 506 g/mol. The maximum Gasteiger partial charge on any atom is 0.243 e. The molecule has 9 heteroatoms. The smallest absolute Gasteiger partial charge is 0.243 e. The zero-order valence-corrected chi connectivity index (χ0v) is 22.5. The Morgan fingerprint density at radius 2 is 1.92 bits per heavy atom. The fraction of sp³-hybridized carbons (Fsp3) is 0.500. The Hall–Kier alpha value is -2.49. The number of rotatable bonds is 7. The van der Waals surface area contributed by atoms with Crippen LogP contribution in [0.2, 0.25) is 0 Å². The van der Waals surface area contributed by atoms with Crippen molar-refractivity contribution >= 4 is 37.5 Å². The summed E-state index contributed by atoms with van der Waals surface area (Å²) >= 11 is 1.61. The van der Waals surface area contributed by atoms with Crippen molar-refractivity contribution in [1.29, 1.82) is 0 Å². The third-order valence-electron chi connectivity index (χ3n) is 9.01. The second-order valence-corrected chi connectivity index (χ2v) is 14.0. The largest absolute Gasteiger partial charge is 0.497 e. The Kier molecular flexibility index (Phi) is 5.60. The Morgan fingerprint density at radius 3 is 2.70 bits per heavy atom. The summed E-state index contributed by atoms with van der Waals surface area (Å²) < 4.78 is 35.3. The first-order valence-corrected chi connectivity index (χ1v) is 15.5. The van der Waals surface area contributed by atoms with Crippen molar-refractivity contribution < 1.29 is 17.9 Å². The number of sulfonamides is 1. The maximum atomic E-state index is 14.4. The molecule has 3 saturated carbocycles. The van der Waals surface area contributed by atoms with Crippen LogP contribution in [0.5, 0.6) is 5.75 Å². The minimum atomic E-state index is -3.80. The van der Waals surface area contributed by atoms with Gasteiger partial charge in [0.05, 0.1) is 27.7 Å². The highest BCUT2D eigenvalue weighted by atomic mass is 32.2. The molecule has 1 saturated heterocycles. The van der Waals surface area contributed by atoms with E-state index >= 15 is 0 Å². The number of amides is 1. The van der Waals surface area contributed by atoms with E-state index in [1.165, 1.54) is 10.7 Å². The molecular formula is C28H31N3O4S2. The van der Waals surface area contributed by atoms with Gasteiger partial charge in [-0.25, -0.2) is 13.4 Å². The number of piperidine rings is 1. The lowest BCUT2D eigenvalue weighted by Gasteiger charge is -2.38. The van der Waals surface area contributed by atoms with Crippen molar-refractivity contribution in [1.82, 2.24) is 14.2 Å². The van der Waals surface area contributed by atoms with Gasteiger partial charge in [-0.3, -0.25) is 4.79 Å². The molecule has 3 aromatic rings. The molecule has 0 bridgehead atoms. The van der Waals surface area contributed by atoms with Gasteiger partial charge in [0.2, 0.25) is 15.9 Å². The van der Waals surface area contributed by atoms with Crippen molar-refractivity contribution in [2.75, 3.05) is 13.7 Å². The molecule has 2 aromatic carbocycles. The van der Waals surface area contributed by atoms with Gasteiger partial charge in [0.25, 0.3) is 0 Å². The van der Waals surface area contributed by atoms with E-state index in [0.717, 1.165) is 47.4 Å². The van der Waals surface area contributed by atoms with Crippen LogP contribution in [0.15, 0.2) is 52.9 Å². The van der Waals surface area contributed by atoms with Gasteiger partial charge in [0.1, 0.15) is 11.8 Å². The minimum Gasteiger partial charge on any atom is -0.497 e. The number of aromatic nitrogens is 1. The first-order chi connectivity index (χ1) is 17.9. The fourth-order valence-corrected chi connectivity index (χ4v) is 9.07. The number of methoxy groups -OCH3 is 1. The number of thiazole rings is 1. The average molecular weight is 538 g/mol. The number of hydrogen-bond acceptors (Lipinski definition) is 6. The highest BCUT2D eigenvalue weighted by Crippen LogP contribution is 2.53. The average Bonchev–Trinajstić information content (AvgIpc) is 3.78. The Balaban J connectivity index is 1.21. The molecule has 3 unspecified atom stereocenters. The molecule has 6 atom stereocenters. The molecule has 0 spiro atoms. The van der Waals surface area contributed by atoms with E-state index < -0.39 is 16.1 Å². The van der Waals surface area contributed by atoms with Crippen LogP contribution in [-0.4, -0.2) is 54.3 Å². The van der Waals surface area contributed by atoms with Gasteiger partial charge in [-0.05, 0) is 97.7 Å². The molecule has 1 amide bonds. The van der Waals surface area contributed by atoms with Crippen molar-refractivity contribution in [3.8, 4) is 5.75 Å². The molecule has 1 aromatic heterocycles. The van der Waals surface area contributed by atoms with E-state index in [-0.39, 0.29) is 28.7 Å². The zero-order valence-electron chi connectivity index (χ0n) is 20.8. The molecule has 7 rings (SSSR count). The number of hydrogen-bond donors (Lipinski definition) is 0. The SMILES string of the molecule is COc1ccc(S(=O)(=O)N2C[C@@H]3C[C@@H]3[C@H]2C(=O)N(Cc2ccc3scnc3c2)C2CCC3CC3C2)cc1. The predicted octanol–water partition coefficient (Wildman–Crippen LogP) is 4.53. The molecule has 0 N–H and O–H groups in total. The predicted molar refractivity (Wildman–Crippen MR) is 142 cm³/mol. The zero-order chi connectivity index (χ0) is 25.3. The van der Waals surface area contributed by atoms with Crippen molar-refractivity contribution in [2.24, 2.45) is 23.7 Å². The van der Waals surface area contributed by atoms with Gasteiger partial charge in [0.15, 0.2) is 0 Å². The lowest BCUT2D eigenvalue weighted by atomic mass is 9.93. The molecule has 4 aliphatic rings. The fourth-order valence-electron chi connectivity index (χ4n) is 6.73. The van der Waals surface area contributed by atoms with E-state index in [2.05, 4.69) is 23.2 Å². The van der Waals surface area contributed by atoms with Crippen LogP contribution in [0.25, 0.3) is 10.2 Å². The number of carbonyl (C=O) groups is 1. The first kappa shape index (κ1) is 23.6. The molecule has 194 valence electrons. The van der Waals surface area contributed by atoms with Gasteiger partial charge < -0.3 is 9.64 Å². The van der Waals surface area contributed by atoms with Gasteiger partial charge >= 0.3 is 0 Å². The van der Waals surface area contributed by atoms with Crippen LogP contribution in [0.4, 0.5) is 0 Å². The number of benzene rings is 2. The van der Waals surface area contributed by atoms with E-state index in [4.69, 9.17) is 4.74 Å². The number of fused-ring (bicyclic) bond motifs is 3. The molecule has 37 heavy (non-hydrogen) atoms. The second kappa shape index (κ2) is 8.78. The minimum absolute atomic E-state index is 0.0236. The van der Waals surface area contributed by atoms with Gasteiger partial charge in [-0.1, -0.05) is 6.07 Å². The monoisotopic (exact) mass is 537 g/mol. The Bertz CT molecular complexity index is 1450. The second-order valence-electron chi connectivity index (χ2n) is 11.2. The highest BCUT2D eigenvalue weighted by molar-refractivity contribution is 7.89. The van der Waals surface area contributed by atoms with E-state index in [0.29, 0.717) is 24.8 Å². The lowest BCUT2D eigenvalue weighted by Crippen LogP contribution is -2.52. The normalized spacial score (nSPS) is 30.5. The number of nitrogens with zero attached hydrogens (tertiary/aromatic N) is 3. The quantitative estimate of drug-likeness (QED) is 0.442. The van der Waals surface area contributed by atoms with Gasteiger partial charge in [-0.15, -0.1) is 11.3 Å². The maximum absolute atomic E-state index is 14.4. The Morgan fingerprint density at radius 1 is 1.08 bits per heavy atom. The highest BCUT2D eigenvalue weighted by Gasteiger charge is 2.60. The summed E-state index contributed by atoms with van der Waals surface area (Å²) in [4.78, 5) is 21.1. The van der Waals surface area contributed by atoms with Crippen LogP contribution in [0.1, 0.15) is 37.7 Å². The topological polar surface area (TPSA) is 79.8 Å². The summed E-state index contributed by atoms with van der Waals surface area (Å²) in [5.41, 5.74) is 3.85. The van der Waals surface area contributed by atoms with E-state index in [1.807, 2.05) is 10.4 Å². The van der Waals surface area contributed by atoms with E-state index in [9.17, 15) is 13.2 Å². The number of carbonyl (C=O) groups excluding carboxylic acids is 1. The molecule has 7 nitrogen and oxygen atoms in total. The van der Waals surface area contributed by atoms with Gasteiger partial charge in [0, 0.05) is 19.1 Å². The van der Waals surface area contributed by atoms with Crippen molar-refractivity contribution in [2.45, 2.75) is 55.6 Å². The summed E-state index contributed by atoms with van der Waals surface area (Å²) in [7, 11) is -2.24. The van der Waals surface area contributed by atoms with Crippen LogP contribution < -0.4 is 4.74 Å². The summed E-state index contributed by atoms with van der Waals surface area (Å²) in [5, 5.41) is 0. The van der Waals surface area contributed by atoms with E-state index in [1.54, 1.807) is 42.7 Å². The van der Waals surface area contributed by atoms with Crippen LogP contribution in [0, 0.1) is 23.7 Å². The summed E-state index contributed by atoms with van der Waals surface area (Å²) in [6.07, 6.45) is 5.39. The molecule has 2 heterocycles. The lowest BCUT2D eigenvalue weighted by molar-refractivity contribution is -0.139. The Labute approximate surface area is 221 Å². The molecule has 4 fully saturated rings. The van der Waals surface area contributed by atoms with Crippen LogP contribution >= 0.6 is 11.3 Å². The molecule has 0 radical (unpaired) electrons. The summed E-state index contributed by atoms with van der Waals surface area (Å²) in [6.45, 7) is 0.919. The molecule has 3 aliphatic carbocycles. The van der Waals surface area contributed by atoms with Crippen LogP contribution in [0.3, 0.4) is 0 Å². The third-order valence-corrected chi connectivity index (χ3v) is 11.7. The van der Waals surface area contributed by atoms with Crippen molar-refractivity contribution in [3.63, 3.8) is 0 Å². The summed E-state index contributed by atoms with van der Waals surface area (Å²) in [5.74, 6) is 2.51. The molecule has 1 aliphatic heterocycles. The van der Waals surface area contributed by atoms with Crippen molar-refractivity contribution in [3.05, 3.63) is 53.5 Å². The summed E-state index contributed by atoms with van der Waals surface area (Å²) in [6, 6.07) is 12.3. The van der Waals surface area contributed by atoms with Crippen LogP contribution in [-0.2, 0) is 21.4 Å². The third kappa shape index (κ3) is 4.15.